The molecule has 0 fully saturated rings. The minimum atomic E-state index is -1.09. The summed E-state index contributed by atoms with van der Waals surface area (Å²) in [6.07, 6.45) is -0.452. The number of rotatable bonds is 6. The third-order valence-corrected chi connectivity index (χ3v) is 4.16. The molecule has 1 aromatic heterocycles. The molecule has 0 spiro atoms. The van der Waals surface area contributed by atoms with Crippen LogP contribution >= 0.6 is 11.3 Å². The Bertz CT molecular complexity index is 672. The zero-order valence-corrected chi connectivity index (χ0v) is 13.7. The van der Waals surface area contributed by atoms with Crippen molar-refractivity contribution in [2.24, 2.45) is 0 Å². The van der Waals surface area contributed by atoms with Crippen LogP contribution in [0.4, 0.5) is 9.93 Å². The molecular formula is C16H18N2O4S. The molecule has 0 aliphatic carbocycles. The SMILES string of the molecule is CCC(C(=O)O)N(C(=O)OCc1ccccc1)c1nc(C)cs1. The lowest BCUT2D eigenvalue weighted by Crippen LogP contribution is -2.45. The summed E-state index contributed by atoms with van der Waals surface area (Å²) in [5.41, 5.74) is 1.56. The number of carboxylic acids is 1. The molecule has 0 aliphatic rings. The van der Waals surface area contributed by atoms with Gasteiger partial charge in [0.25, 0.3) is 0 Å². The molecule has 1 heterocycles. The van der Waals surface area contributed by atoms with E-state index in [0.29, 0.717) is 5.13 Å². The van der Waals surface area contributed by atoms with Gasteiger partial charge >= 0.3 is 12.1 Å². The van der Waals surface area contributed by atoms with Gasteiger partial charge in [-0.3, -0.25) is 0 Å². The van der Waals surface area contributed by atoms with Gasteiger partial charge in [0.2, 0.25) is 0 Å². The number of carbonyl (C=O) groups is 2. The second kappa shape index (κ2) is 7.73. The summed E-state index contributed by atoms with van der Waals surface area (Å²) in [6.45, 7) is 3.57. The van der Waals surface area contributed by atoms with Gasteiger partial charge in [0, 0.05) is 5.38 Å². The van der Waals surface area contributed by atoms with Crippen molar-refractivity contribution >= 4 is 28.5 Å². The number of aliphatic carboxylic acids is 1. The van der Waals surface area contributed by atoms with Gasteiger partial charge in [-0.05, 0) is 18.9 Å². The van der Waals surface area contributed by atoms with Crippen molar-refractivity contribution in [1.29, 1.82) is 0 Å². The van der Waals surface area contributed by atoms with Gasteiger partial charge in [0.15, 0.2) is 5.13 Å². The second-order valence-corrected chi connectivity index (χ2v) is 5.78. The third kappa shape index (κ3) is 4.29. The molecule has 2 rings (SSSR count). The van der Waals surface area contributed by atoms with E-state index in [1.807, 2.05) is 30.3 Å². The minimum absolute atomic E-state index is 0.0799. The maximum atomic E-state index is 12.4. The maximum absolute atomic E-state index is 12.4. The molecular weight excluding hydrogens is 316 g/mol. The van der Waals surface area contributed by atoms with Crippen LogP contribution in [-0.2, 0) is 16.1 Å². The molecule has 122 valence electrons. The van der Waals surface area contributed by atoms with Crippen LogP contribution in [0.15, 0.2) is 35.7 Å². The minimum Gasteiger partial charge on any atom is -0.480 e. The summed E-state index contributed by atoms with van der Waals surface area (Å²) in [4.78, 5) is 29.2. The Morgan fingerprint density at radius 3 is 2.57 bits per heavy atom. The number of nitrogens with zero attached hydrogens (tertiary/aromatic N) is 2. The molecule has 0 bridgehead atoms. The van der Waals surface area contributed by atoms with Crippen LogP contribution in [0, 0.1) is 6.92 Å². The second-order valence-electron chi connectivity index (χ2n) is 4.94. The first-order valence-electron chi connectivity index (χ1n) is 7.17. The lowest BCUT2D eigenvalue weighted by Gasteiger charge is -2.25. The number of carbonyl (C=O) groups excluding carboxylic acids is 1. The standard InChI is InChI=1S/C16H18N2O4S/c1-3-13(14(19)20)18(15-17-11(2)10-23-15)16(21)22-9-12-7-5-4-6-8-12/h4-8,10,13H,3,9H2,1-2H3,(H,19,20). The molecule has 1 amide bonds. The molecule has 2 aromatic rings. The molecule has 7 heteroatoms. The highest BCUT2D eigenvalue weighted by Gasteiger charge is 2.32. The van der Waals surface area contributed by atoms with Crippen molar-refractivity contribution in [3.8, 4) is 0 Å². The first-order chi connectivity index (χ1) is 11.0. The van der Waals surface area contributed by atoms with E-state index in [1.54, 1.807) is 19.2 Å². The Balaban J connectivity index is 2.19. The molecule has 6 nitrogen and oxygen atoms in total. The number of benzene rings is 1. The average molecular weight is 334 g/mol. The van der Waals surface area contributed by atoms with E-state index >= 15 is 0 Å². The van der Waals surface area contributed by atoms with E-state index in [4.69, 9.17) is 4.74 Å². The number of thiazole rings is 1. The zero-order valence-electron chi connectivity index (χ0n) is 12.9. The number of ether oxygens (including phenoxy) is 1. The van der Waals surface area contributed by atoms with Crippen molar-refractivity contribution in [2.45, 2.75) is 32.9 Å². The predicted octanol–water partition coefficient (Wildman–Crippen LogP) is 3.46. The van der Waals surface area contributed by atoms with Gasteiger partial charge in [-0.2, -0.15) is 0 Å². The predicted molar refractivity (Wildman–Crippen MR) is 87.7 cm³/mol. The van der Waals surface area contributed by atoms with Crippen LogP contribution in [-0.4, -0.2) is 28.2 Å². The number of carboxylic acid groups (broad SMARTS) is 1. The van der Waals surface area contributed by atoms with Crippen LogP contribution in [0.25, 0.3) is 0 Å². The quantitative estimate of drug-likeness (QED) is 0.875. The van der Waals surface area contributed by atoms with Crippen molar-refractivity contribution in [3.05, 3.63) is 47.0 Å². The van der Waals surface area contributed by atoms with Gasteiger partial charge in [-0.15, -0.1) is 11.3 Å². The highest BCUT2D eigenvalue weighted by molar-refractivity contribution is 7.14. The molecule has 1 aromatic carbocycles. The van der Waals surface area contributed by atoms with E-state index in [0.717, 1.165) is 16.2 Å². The van der Waals surface area contributed by atoms with Crippen LogP contribution < -0.4 is 4.90 Å². The third-order valence-electron chi connectivity index (χ3n) is 3.20. The van der Waals surface area contributed by atoms with E-state index < -0.39 is 18.1 Å². The molecule has 0 aliphatic heterocycles. The molecule has 1 N–H and O–H groups in total. The van der Waals surface area contributed by atoms with Crippen molar-refractivity contribution in [1.82, 2.24) is 4.98 Å². The monoisotopic (exact) mass is 334 g/mol. The lowest BCUT2D eigenvalue weighted by atomic mass is 10.2. The average Bonchev–Trinajstić information content (AvgIpc) is 2.96. The van der Waals surface area contributed by atoms with E-state index in [2.05, 4.69) is 4.98 Å². The van der Waals surface area contributed by atoms with Gasteiger partial charge in [-0.25, -0.2) is 19.5 Å². The van der Waals surface area contributed by atoms with Gasteiger partial charge < -0.3 is 9.84 Å². The normalized spacial score (nSPS) is 11.7. The van der Waals surface area contributed by atoms with Crippen LogP contribution in [0.3, 0.4) is 0 Å². The highest BCUT2D eigenvalue weighted by Crippen LogP contribution is 2.25. The largest absolute Gasteiger partial charge is 0.480 e. The fraction of sp³-hybridized carbons (Fsp3) is 0.312. The van der Waals surface area contributed by atoms with Crippen molar-refractivity contribution in [2.75, 3.05) is 4.90 Å². The zero-order chi connectivity index (χ0) is 16.8. The number of amides is 1. The van der Waals surface area contributed by atoms with Crippen LogP contribution in [0.5, 0.6) is 0 Å². The fourth-order valence-corrected chi connectivity index (χ4v) is 2.89. The Kier molecular flexibility index (Phi) is 5.70. The summed E-state index contributed by atoms with van der Waals surface area (Å²) < 4.78 is 5.28. The number of anilines is 1. The molecule has 1 atom stereocenters. The molecule has 0 radical (unpaired) electrons. The summed E-state index contributed by atoms with van der Waals surface area (Å²) in [6, 6.07) is 8.21. The smallest absolute Gasteiger partial charge is 0.417 e. The summed E-state index contributed by atoms with van der Waals surface area (Å²) in [7, 11) is 0. The van der Waals surface area contributed by atoms with E-state index in [1.165, 1.54) is 11.3 Å². The van der Waals surface area contributed by atoms with Gasteiger partial charge in [-0.1, -0.05) is 37.3 Å². The first-order valence-corrected chi connectivity index (χ1v) is 8.05. The lowest BCUT2D eigenvalue weighted by molar-refractivity contribution is -0.138. The Hall–Kier alpha value is -2.41. The Morgan fingerprint density at radius 1 is 1.35 bits per heavy atom. The van der Waals surface area contributed by atoms with Gasteiger partial charge in [0.1, 0.15) is 12.6 Å². The van der Waals surface area contributed by atoms with E-state index in [9.17, 15) is 14.7 Å². The van der Waals surface area contributed by atoms with Crippen molar-refractivity contribution in [3.63, 3.8) is 0 Å². The molecule has 1 unspecified atom stereocenters. The summed E-state index contributed by atoms with van der Waals surface area (Å²) in [5.74, 6) is -1.09. The maximum Gasteiger partial charge on any atom is 0.417 e. The van der Waals surface area contributed by atoms with Crippen LogP contribution in [0.1, 0.15) is 24.6 Å². The Labute approximate surface area is 138 Å². The fourth-order valence-electron chi connectivity index (χ4n) is 2.05. The molecule has 0 saturated carbocycles. The summed E-state index contributed by atoms with van der Waals surface area (Å²) >= 11 is 1.22. The highest BCUT2D eigenvalue weighted by atomic mass is 32.1. The van der Waals surface area contributed by atoms with E-state index in [-0.39, 0.29) is 13.0 Å². The number of hydrogen-bond acceptors (Lipinski definition) is 5. The first kappa shape index (κ1) is 17.0. The summed E-state index contributed by atoms with van der Waals surface area (Å²) in [5, 5.41) is 11.5. The van der Waals surface area contributed by atoms with Gasteiger partial charge in [0.05, 0.1) is 5.69 Å². The molecule has 0 saturated heterocycles. The van der Waals surface area contributed by atoms with Crippen molar-refractivity contribution < 1.29 is 19.4 Å². The Morgan fingerprint density at radius 2 is 2.04 bits per heavy atom. The molecule has 23 heavy (non-hydrogen) atoms. The number of aryl methyl sites for hydroxylation is 1. The number of aromatic nitrogens is 1. The van der Waals surface area contributed by atoms with Crippen LogP contribution in [0.2, 0.25) is 0 Å². The number of hydrogen-bond donors (Lipinski definition) is 1. The topological polar surface area (TPSA) is 79.7 Å².